The smallest absolute Gasteiger partial charge is 0.103 e. The average Bonchev–Trinajstić information content (AvgIpc) is 3.90. The summed E-state index contributed by atoms with van der Waals surface area (Å²) in [5, 5.41) is 6.78. The zero-order chi connectivity index (χ0) is 37.3. The van der Waals surface area contributed by atoms with Crippen LogP contribution in [0.5, 0.6) is 0 Å². The van der Waals surface area contributed by atoms with Gasteiger partial charge in [0.25, 0.3) is 0 Å². The third kappa shape index (κ3) is 4.23. The molecule has 5 unspecified atom stereocenters. The highest BCUT2D eigenvalue weighted by Gasteiger charge is 2.54. The molecule has 0 radical (unpaired) electrons. The summed E-state index contributed by atoms with van der Waals surface area (Å²) in [6, 6.07) is 46.1. The highest BCUT2D eigenvalue weighted by atomic mass is 32.2. The third-order valence-electron chi connectivity index (χ3n) is 14.0. The minimum absolute atomic E-state index is 0.172. The van der Waals surface area contributed by atoms with Crippen LogP contribution < -0.4 is 5.32 Å². The predicted molar refractivity (Wildman–Crippen MR) is 236 cm³/mol. The Labute approximate surface area is 334 Å². The third-order valence-corrected chi connectivity index (χ3v) is 15.3. The lowest BCUT2D eigenvalue weighted by Gasteiger charge is -2.41. The summed E-state index contributed by atoms with van der Waals surface area (Å²) in [5.41, 5.74) is 20.6. The molecule has 1 nitrogen and oxygen atoms in total. The number of allylic oxidation sites excluding steroid dienone is 9. The predicted octanol–water partition coefficient (Wildman–Crippen LogP) is 13.8. The number of thioether (sulfide) groups is 1. The average molecular weight is 738 g/mol. The number of hydrogen-bond acceptors (Lipinski definition) is 2. The van der Waals surface area contributed by atoms with E-state index in [1.54, 1.807) is 0 Å². The van der Waals surface area contributed by atoms with E-state index in [1.807, 2.05) is 11.8 Å². The van der Waals surface area contributed by atoms with Crippen molar-refractivity contribution in [1.82, 2.24) is 0 Å². The summed E-state index contributed by atoms with van der Waals surface area (Å²) in [6.45, 7) is 7.26. The van der Waals surface area contributed by atoms with Crippen LogP contribution in [0, 0.1) is 11.8 Å². The van der Waals surface area contributed by atoms with Gasteiger partial charge in [0, 0.05) is 21.9 Å². The minimum Gasteiger partial charge on any atom is -0.368 e. The molecule has 0 aromatic heterocycles. The molecule has 5 atom stereocenters. The van der Waals surface area contributed by atoms with E-state index in [-0.39, 0.29) is 16.2 Å². The van der Waals surface area contributed by atoms with E-state index in [0.717, 1.165) is 12.8 Å². The second kappa shape index (κ2) is 11.7. The molecule has 0 fully saturated rings. The van der Waals surface area contributed by atoms with Gasteiger partial charge in [-0.1, -0.05) is 184 Å². The number of aryl methyl sites for hydroxylation is 1. The highest BCUT2D eigenvalue weighted by molar-refractivity contribution is 8.00. The fourth-order valence-corrected chi connectivity index (χ4v) is 12.9. The van der Waals surface area contributed by atoms with E-state index in [1.165, 1.54) is 99.3 Å². The van der Waals surface area contributed by atoms with Gasteiger partial charge in [-0.2, -0.15) is 0 Å². The number of anilines is 1. The van der Waals surface area contributed by atoms with Gasteiger partial charge in [-0.3, -0.25) is 0 Å². The summed E-state index contributed by atoms with van der Waals surface area (Å²) in [5.74, 6) is 0.655. The number of hydrogen-bond donors (Lipinski definition) is 1. The first kappa shape index (κ1) is 32.7. The Morgan fingerprint density at radius 3 is 2.45 bits per heavy atom. The van der Waals surface area contributed by atoms with E-state index >= 15 is 0 Å². The van der Waals surface area contributed by atoms with Gasteiger partial charge in [0.05, 0.1) is 5.41 Å². The second-order valence-electron chi connectivity index (χ2n) is 16.9. The molecule has 1 aliphatic heterocycles. The Morgan fingerprint density at radius 2 is 1.55 bits per heavy atom. The maximum absolute atomic E-state index is 3.87. The van der Waals surface area contributed by atoms with Crippen molar-refractivity contribution >= 4 is 39.9 Å². The Morgan fingerprint density at radius 1 is 0.768 bits per heavy atom. The first-order valence-electron chi connectivity index (χ1n) is 20.4. The standard InChI is InChI=1S/C54H43NS/c1-4-33-18-25-44-42(29-33)41-16-10-11-17-43(41)54(44)45-26-21-34-12-8-9-15-40(34)49(45)48-32(2)28-38(30-46(48)54)37-20-24-39-23-19-35-22-27-47-51(50(35)53(39,3)31-37)56-52(55-47)36-13-6-5-7-14-36/h5-27,29-32,39,52,55H,4,28H2,1-3H3. The molecule has 6 aliphatic rings. The fraction of sp³-hybridized carbons (Fsp3) is 0.185. The number of benzene rings is 6. The van der Waals surface area contributed by atoms with E-state index < -0.39 is 0 Å². The number of nitrogens with one attached hydrogen (secondary N) is 1. The van der Waals surface area contributed by atoms with Crippen LogP contribution in [0.15, 0.2) is 173 Å². The lowest BCUT2D eigenvalue weighted by molar-refractivity contribution is 0.481. The molecule has 0 saturated heterocycles. The first-order valence-corrected chi connectivity index (χ1v) is 21.3. The Kier molecular flexibility index (Phi) is 6.84. The van der Waals surface area contributed by atoms with Gasteiger partial charge in [-0.15, -0.1) is 0 Å². The van der Waals surface area contributed by atoms with Crippen molar-refractivity contribution in [3.8, 4) is 11.1 Å². The Hall–Kier alpha value is -5.57. The van der Waals surface area contributed by atoms with Crippen LogP contribution in [-0.4, -0.2) is 0 Å². The topological polar surface area (TPSA) is 12.0 Å². The highest BCUT2D eigenvalue weighted by Crippen LogP contribution is 2.66. The molecule has 270 valence electrons. The molecule has 1 spiro atoms. The molecule has 1 N–H and O–H groups in total. The van der Waals surface area contributed by atoms with Crippen molar-refractivity contribution in [2.45, 2.75) is 54.7 Å². The summed E-state index contributed by atoms with van der Waals surface area (Å²) in [4.78, 5) is 1.40. The molecule has 56 heavy (non-hydrogen) atoms. The zero-order valence-corrected chi connectivity index (χ0v) is 32.9. The van der Waals surface area contributed by atoms with Gasteiger partial charge < -0.3 is 5.32 Å². The van der Waals surface area contributed by atoms with Crippen molar-refractivity contribution in [2.24, 2.45) is 11.8 Å². The lowest BCUT2D eigenvalue weighted by atomic mass is 9.63. The molecular weight excluding hydrogens is 695 g/mol. The molecular formula is C54H43NS. The van der Waals surface area contributed by atoms with Crippen LogP contribution in [0.3, 0.4) is 0 Å². The molecule has 0 saturated carbocycles. The van der Waals surface area contributed by atoms with Crippen LogP contribution in [0.25, 0.3) is 33.5 Å². The van der Waals surface area contributed by atoms with Crippen molar-refractivity contribution in [3.05, 3.63) is 213 Å². The van der Waals surface area contributed by atoms with Crippen molar-refractivity contribution in [1.29, 1.82) is 0 Å². The zero-order valence-electron chi connectivity index (χ0n) is 32.1. The van der Waals surface area contributed by atoms with Crippen LogP contribution in [-0.2, 0) is 17.3 Å². The first-order chi connectivity index (χ1) is 27.5. The molecule has 2 heteroatoms. The number of rotatable bonds is 3. The van der Waals surface area contributed by atoms with Crippen LogP contribution in [0.2, 0.25) is 0 Å². The molecule has 5 aliphatic carbocycles. The van der Waals surface area contributed by atoms with Gasteiger partial charge in [-0.05, 0) is 114 Å². The molecule has 0 bridgehead atoms. The van der Waals surface area contributed by atoms with Crippen molar-refractivity contribution < 1.29 is 0 Å². The largest absolute Gasteiger partial charge is 0.368 e. The van der Waals surface area contributed by atoms with Crippen LogP contribution in [0.4, 0.5) is 5.69 Å². The molecule has 12 rings (SSSR count). The normalized spacial score (nSPS) is 25.8. The van der Waals surface area contributed by atoms with Gasteiger partial charge in [-0.25, -0.2) is 0 Å². The molecule has 6 aromatic carbocycles. The summed E-state index contributed by atoms with van der Waals surface area (Å²) in [6.07, 6.45) is 17.1. The van der Waals surface area contributed by atoms with Gasteiger partial charge in [0.15, 0.2) is 0 Å². The van der Waals surface area contributed by atoms with E-state index in [9.17, 15) is 0 Å². The Bertz CT molecular complexity index is 2870. The maximum Gasteiger partial charge on any atom is 0.103 e. The van der Waals surface area contributed by atoms with Crippen LogP contribution >= 0.6 is 11.8 Å². The van der Waals surface area contributed by atoms with Gasteiger partial charge >= 0.3 is 0 Å². The van der Waals surface area contributed by atoms with Gasteiger partial charge in [0.2, 0.25) is 0 Å². The van der Waals surface area contributed by atoms with Crippen LogP contribution in [0.1, 0.15) is 77.1 Å². The van der Waals surface area contributed by atoms with Gasteiger partial charge in [0.1, 0.15) is 5.37 Å². The number of fused-ring (bicyclic) bond motifs is 16. The SMILES string of the molecule is CCc1ccc2c(c1)-c1ccccc1C21C2=C(c3c1ccc1ccccc31)C(C)CC(C1=CC3(C)c4c(ccc5c4SC(c4ccccc4)N5)C=CC3C=C1)=C2. The summed E-state index contributed by atoms with van der Waals surface area (Å²) >= 11 is 1.98. The fourth-order valence-electron chi connectivity index (χ4n) is 11.4. The molecule has 1 heterocycles. The quantitative estimate of drug-likeness (QED) is 0.194. The molecule has 6 aromatic rings. The monoisotopic (exact) mass is 737 g/mol. The second-order valence-corrected chi connectivity index (χ2v) is 18.0. The van der Waals surface area contributed by atoms with E-state index in [4.69, 9.17) is 0 Å². The maximum atomic E-state index is 3.87. The Balaban J connectivity index is 1.06. The molecule has 0 amide bonds. The van der Waals surface area contributed by atoms with Crippen molar-refractivity contribution in [3.63, 3.8) is 0 Å². The summed E-state index contributed by atoms with van der Waals surface area (Å²) < 4.78 is 0. The lowest BCUT2D eigenvalue weighted by Crippen LogP contribution is -2.34. The summed E-state index contributed by atoms with van der Waals surface area (Å²) in [7, 11) is 0. The van der Waals surface area contributed by atoms with E-state index in [0.29, 0.717) is 11.8 Å². The van der Waals surface area contributed by atoms with Crippen molar-refractivity contribution in [2.75, 3.05) is 5.32 Å². The minimum atomic E-state index is -0.367. The van der Waals surface area contributed by atoms with E-state index in [2.05, 4.69) is 184 Å².